The van der Waals surface area contributed by atoms with Crippen molar-refractivity contribution in [2.75, 3.05) is 11.1 Å². The Hall–Kier alpha value is -3.49. The lowest BCUT2D eigenvalue weighted by Crippen LogP contribution is -2.27. The van der Waals surface area contributed by atoms with E-state index in [1.165, 1.54) is 18.2 Å². The van der Waals surface area contributed by atoms with Crippen LogP contribution in [0.5, 0.6) is 0 Å². The van der Waals surface area contributed by atoms with Crippen LogP contribution in [0.2, 0.25) is 0 Å². The fraction of sp³-hybridized carbons (Fsp3) is 0.130. The van der Waals surface area contributed by atoms with Crippen LogP contribution >= 0.6 is 0 Å². The molecule has 31 heavy (non-hydrogen) atoms. The zero-order valence-corrected chi connectivity index (χ0v) is 17.4. The number of amides is 1. The van der Waals surface area contributed by atoms with Crippen molar-refractivity contribution in [3.8, 4) is 0 Å². The molecule has 1 saturated carbocycles. The van der Waals surface area contributed by atoms with E-state index in [9.17, 15) is 13.2 Å². The number of nitrogens with one attached hydrogen (secondary N) is 2. The van der Waals surface area contributed by atoms with E-state index in [4.69, 9.17) is 16.3 Å². The second-order valence-electron chi connectivity index (χ2n) is 7.65. The minimum Gasteiger partial charge on any atom is -0.398 e. The number of nitrogens with two attached hydrogens (primary N) is 2. The Bertz CT molecular complexity index is 1280. The molecular formula is C23H22N4O3S. The number of benzene rings is 3. The first-order valence-corrected chi connectivity index (χ1v) is 11.2. The summed E-state index contributed by atoms with van der Waals surface area (Å²) < 4.78 is 23.3. The van der Waals surface area contributed by atoms with Crippen molar-refractivity contribution in [1.82, 2.24) is 0 Å². The number of rotatable bonds is 6. The summed E-state index contributed by atoms with van der Waals surface area (Å²) in [7, 11) is -3.90. The molecule has 0 aliphatic heterocycles. The van der Waals surface area contributed by atoms with Gasteiger partial charge in [0.2, 0.25) is 15.9 Å². The third kappa shape index (κ3) is 4.08. The summed E-state index contributed by atoms with van der Waals surface area (Å²) in [6.45, 7) is 0. The highest BCUT2D eigenvalue weighted by atomic mass is 32.2. The van der Waals surface area contributed by atoms with Gasteiger partial charge in [0.25, 0.3) is 0 Å². The Labute approximate surface area is 180 Å². The average molecular weight is 435 g/mol. The van der Waals surface area contributed by atoms with Crippen molar-refractivity contribution in [3.05, 3.63) is 89.5 Å². The van der Waals surface area contributed by atoms with E-state index in [1.807, 2.05) is 30.3 Å². The summed E-state index contributed by atoms with van der Waals surface area (Å²) in [4.78, 5) is 12.9. The highest BCUT2D eigenvalue weighted by Crippen LogP contribution is 2.49. The van der Waals surface area contributed by atoms with Crippen molar-refractivity contribution in [2.45, 2.75) is 23.2 Å². The summed E-state index contributed by atoms with van der Waals surface area (Å²) in [5.41, 5.74) is 8.15. The molecule has 0 heterocycles. The Morgan fingerprint density at radius 3 is 2.32 bits per heavy atom. The number of primary sulfonamides is 1. The molecule has 158 valence electrons. The molecule has 6 N–H and O–H groups in total. The highest BCUT2D eigenvalue weighted by Gasteiger charge is 2.51. The summed E-state index contributed by atoms with van der Waals surface area (Å²) in [6.07, 6.45) is 1.56. The Morgan fingerprint density at radius 2 is 1.68 bits per heavy atom. The van der Waals surface area contributed by atoms with Crippen molar-refractivity contribution in [2.24, 2.45) is 5.14 Å². The van der Waals surface area contributed by atoms with E-state index in [0.717, 1.165) is 18.4 Å². The zero-order chi connectivity index (χ0) is 22.2. The lowest BCUT2D eigenvalue weighted by molar-refractivity contribution is -0.118. The van der Waals surface area contributed by atoms with Gasteiger partial charge in [0.05, 0.1) is 16.0 Å². The Balaban J connectivity index is 1.61. The quantitative estimate of drug-likeness (QED) is 0.350. The summed E-state index contributed by atoms with van der Waals surface area (Å²) in [5, 5.41) is 16.7. The first-order valence-electron chi connectivity index (χ1n) is 9.69. The van der Waals surface area contributed by atoms with Gasteiger partial charge in [0.15, 0.2) is 0 Å². The number of hydrogen-bond donors (Lipinski definition) is 4. The predicted octanol–water partition coefficient (Wildman–Crippen LogP) is 3.00. The maximum Gasteiger partial charge on any atom is 0.238 e. The predicted molar refractivity (Wildman–Crippen MR) is 121 cm³/mol. The molecule has 0 bridgehead atoms. The van der Waals surface area contributed by atoms with E-state index < -0.39 is 15.4 Å². The van der Waals surface area contributed by atoms with Gasteiger partial charge in [-0.1, -0.05) is 42.5 Å². The van der Waals surface area contributed by atoms with Crippen LogP contribution in [0, 0.1) is 5.41 Å². The van der Waals surface area contributed by atoms with Gasteiger partial charge in [-0.25, -0.2) is 13.6 Å². The number of carbonyl (C=O) groups excluding carboxylic acids is 1. The van der Waals surface area contributed by atoms with Crippen LogP contribution < -0.4 is 16.2 Å². The number of sulfonamides is 1. The molecule has 0 aromatic heterocycles. The van der Waals surface area contributed by atoms with Crippen LogP contribution in [0.15, 0.2) is 77.7 Å². The smallest absolute Gasteiger partial charge is 0.238 e. The molecule has 0 atom stereocenters. The van der Waals surface area contributed by atoms with E-state index >= 15 is 0 Å². The molecule has 1 aliphatic rings. The van der Waals surface area contributed by atoms with Crippen molar-refractivity contribution in [3.63, 3.8) is 0 Å². The molecular weight excluding hydrogens is 412 g/mol. The number of anilines is 2. The first kappa shape index (κ1) is 20.8. The number of carbonyl (C=O) groups is 1. The van der Waals surface area contributed by atoms with Gasteiger partial charge in [0.1, 0.15) is 0 Å². The lowest BCUT2D eigenvalue weighted by atomic mass is 9.94. The van der Waals surface area contributed by atoms with Gasteiger partial charge in [-0.15, -0.1) is 0 Å². The second kappa shape index (κ2) is 7.64. The third-order valence-corrected chi connectivity index (χ3v) is 6.45. The second-order valence-corrected chi connectivity index (χ2v) is 9.21. The molecule has 8 heteroatoms. The summed E-state index contributed by atoms with van der Waals surface area (Å²) >= 11 is 0. The SMILES string of the molecule is N=C(c1cccc(S(N)(=O)=O)c1)c1cc(NC(=O)C2(c3ccccc3)CC2)ccc1N. The Kier molecular flexibility index (Phi) is 5.12. The van der Waals surface area contributed by atoms with Crippen LogP contribution in [-0.2, 0) is 20.2 Å². The lowest BCUT2D eigenvalue weighted by Gasteiger charge is -2.17. The fourth-order valence-corrected chi connectivity index (χ4v) is 4.17. The minimum atomic E-state index is -3.90. The van der Waals surface area contributed by atoms with Gasteiger partial charge in [-0.05, 0) is 48.7 Å². The standard InChI is InChI=1S/C23H22N4O3S/c24-20-10-9-17(27-22(28)23(11-12-23)16-6-2-1-3-7-16)14-19(20)21(25)15-5-4-8-18(13-15)31(26,29)30/h1-10,13-14,25H,11-12,24H2,(H,27,28)(H2,26,29,30). The van der Waals surface area contributed by atoms with Crippen molar-refractivity contribution in [1.29, 1.82) is 5.41 Å². The monoisotopic (exact) mass is 434 g/mol. The first-order chi connectivity index (χ1) is 14.7. The molecule has 1 aliphatic carbocycles. The van der Waals surface area contributed by atoms with Crippen LogP contribution in [-0.4, -0.2) is 20.0 Å². The van der Waals surface area contributed by atoms with E-state index in [1.54, 1.807) is 24.3 Å². The van der Waals surface area contributed by atoms with E-state index in [-0.39, 0.29) is 16.5 Å². The molecule has 4 rings (SSSR count). The average Bonchev–Trinajstić information content (AvgIpc) is 3.57. The number of nitrogen functional groups attached to an aromatic ring is 1. The van der Waals surface area contributed by atoms with Gasteiger partial charge in [-0.2, -0.15) is 0 Å². The zero-order valence-electron chi connectivity index (χ0n) is 16.6. The van der Waals surface area contributed by atoms with E-state index in [0.29, 0.717) is 22.5 Å². The largest absolute Gasteiger partial charge is 0.398 e. The summed E-state index contributed by atoms with van der Waals surface area (Å²) in [5.74, 6) is -0.0998. The normalized spacial score (nSPS) is 14.6. The molecule has 0 spiro atoms. The highest BCUT2D eigenvalue weighted by molar-refractivity contribution is 7.89. The molecule has 1 amide bonds. The topological polar surface area (TPSA) is 139 Å². The van der Waals surface area contributed by atoms with Crippen molar-refractivity contribution < 1.29 is 13.2 Å². The van der Waals surface area contributed by atoms with Crippen LogP contribution in [0.1, 0.15) is 29.5 Å². The maximum absolute atomic E-state index is 13.0. The van der Waals surface area contributed by atoms with Gasteiger partial charge >= 0.3 is 0 Å². The van der Waals surface area contributed by atoms with Gasteiger partial charge in [0, 0.05) is 22.5 Å². The van der Waals surface area contributed by atoms with Gasteiger partial charge < -0.3 is 11.1 Å². The maximum atomic E-state index is 13.0. The van der Waals surface area contributed by atoms with Crippen LogP contribution in [0.3, 0.4) is 0 Å². The summed E-state index contributed by atoms with van der Waals surface area (Å²) in [6, 6.07) is 20.4. The van der Waals surface area contributed by atoms with Gasteiger partial charge in [-0.3, -0.25) is 10.2 Å². The van der Waals surface area contributed by atoms with Crippen LogP contribution in [0.4, 0.5) is 11.4 Å². The molecule has 3 aromatic rings. The molecule has 3 aromatic carbocycles. The molecule has 0 unspecified atom stereocenters. The molecule has 0 radical (unpaired) electrons. The van der Waals surface area contributed by atoms with E-state index in [2.05, 4.69) is 5.32 Å². The van der Waals surface area contributed by atoms with Crippen LogP contribution in [0.25, 0.3) is 0 Å². The third-order valence-electron chi connectivity index (χ3n) is 5.54. The molecule has 7 nitrogen and oxygen atoms in total. The fourth-order valence-electron chi connectivity index (χ4n) is 3.61. The molecule has 1 fully saturated rings. The Morgan fingerprint density at radius 1 is 0.968 bits per heavy atom. The molecule has 0 saturated heterocycles. The minimum absolute atomic E-state index is 0.0308. The number of hydrogen-bond acceptors (Lipinski definition) is 5. The van der Waals surface area contributed by atoms with Crippen molar-refractivity contribution >= 4 is 33.0 Å².